The number of amides is 2. The summed E-state index contributed by atoms with van der Waals surface area (Å²) >= 11 is 5.76. The number of nitrogens with one attached hydrogen (secondary N) is 1. The molecule has 0 unspecified atom stereocenters. The largest absolute Gasteiger partial charge is 0.497 e. The van der Waals surface area contributed by atoms with Crippen LogP contribution in [0.2, 0.25) is 0 Å². The minimum absolute atomic E-state index is 0.0193. The van der Waals surface area contributed by atoms with Crippen LogP contribution in [0, 0.1) is 0 Å². The molecule has 0 bridgehead atoms. The van der Waals surface area contributed by atoms with E-state index in [1.54, 1.807) is 24.1 Å². The Hall–Kier alpha value is -3.91. The lowest BCUT2D eigenvalue weighted by Crippen LogP contribution is -2.37. The smallest absolute Gasteiger partial charge is 0.252 e. The molecule has 3 aromatic carbocycles. The summed E-state index contributed by atoms with van der Waals surface area (Å²) < 4.78 is 10.9. The number of carbonyl (C=O) groups is 2. The fourth-order valence-corrected chi connectivity index (χ4v) is 4.50. The van der Waals surface area contributed by atoms with Gasteiger partial charge in [-0.1, -0.05) is 49.4 Å². The second kappa shape index (κ2) is 12.4. The molecular weight excluding hydrogens is 486 g/mol. The Labute approximate surface area is 223 Å². The summed E-state index contributed by atoms with van der Waals surface area (Å²) in [5.41, 5.74) is 2.58. The molecule has 7 nitrogen and oxygen atoms in total. The molecule has 1 N–H and O–H groups in total. The lowest BCUT2D eigenvalue weighted by molar-refractivity contribution is -0.131. The summed E-state index contributed by atoms with van der Waals surface area (Å²) in [5, 5.41) is 3.32. The standard InChI is InChI=1S/C29H31N3O4S/c1-3-17-36-25-15-11-23(12-16-25)30-27(33)18-26-28(34)32(20-21-7-5-4-6-8-21)29(37)31(26)19-22-9-13-24(35-2)14-10-22/h4-16,26H,3,17-20H2,1-2H3,(H,30,33)/t26-/m0/s1. The minimum atomic E-state index is -0.703. The van der Waals surface area contributed by atoms with Gasteiger partial charge in [0, 0.05) is 12.2 Å². The fraction of sp³-hybridized carbons (Fsp3) is 0.276. The van der Waals surface area contributed by atoms with Gasteiger partial charge in [0.25, 0.3) is 5.91 Å². The average molecular weight is 518 g/mol. The van der Waals surface area contributed by atoms with Gasteiger partial charge in [0.1, 0.15) is 17.5 Å². The van der Waals surface area contributed by atoms with Gasteiger partial charge in [-0.05, 0) is 66.2 Å². The molecule has 1 heterocycles. The van der Waals surface area contributed by atoms with Crippen molar-refractivity contribution in [1.82, 2.24) is 9.80 Å². The Kier molecular flexibility index (Phi) is 8.74. The van der Waals surface area contributed by atoms with Crippen LogP contribution in [0.1, 0.15) is 30.9 Å². The van der Waals surface area contributed by atoms with Crippen LogP contribution < -0.4 is 14.8 Å². The summed E-state index contributed by atoms with van der Waals surface area (Å²) in [5.74, 6) is 1.06. The summed E-state index contributed by atoms with van der Waals surface area (Å²) in [6, 6.07) is 23.8. The molecule has 1 atom stereocenters. The van der Waals surface area contributed by atoms with Crippen LogP contribution in [0.5, 0.6) is 11.5 Å². The predicted molar refractivity (Wildman–Crippen MR) is 147 cm³/mol. The predicted octanol–water partition coefficient (Wildman–Crippen LogP) is 5.01. The van der Waals surface area contributed by atoms with Crippen molar-refractivity contribution in [3.8, 4) is 11.5 Å². The van der Waals surface area contributed by atoms with Crippen molar-refractivity contribution in [1.29, 1.82) is 0 Å². The Morgan fingerprint density at radius 2 is 1.57 bits per heavy atom. The lowest BCUT2D eigenvalue weighted by atomic mass is 10.1. The number of rotatable bonds is 11. The molecule has 2 amide bonds. The van der Waals surface area contributed by atoms with Crippen LogP contribution >= 0.6 is 12.2 Å². The van der Waals surface area contributed by atoms with Crippen molar-refractivity contribution in [3.05, 3.63) is 90.0 Å². The molecule has 1 fully saturated rings. The number of hydrogen-bond acceptors (Lipinski definition) is 5. The van der Waals surface area contributed by atoms with Crippen molar-refractivity contribution in [2.45, 2.75) is 38.9 Å². The SMILES string of the molecule is CCCOc1ccc(NC(=O)C[C@H]2C(=O)N(Cc3ccccc3)C(=S)N2Cc2ccc(OC)cc2)cc1. The highest BCUT2D eigenvalue weighted by atomic mass is 32.1. The zero-order valence-corrected chi connectivity index (χ0v) is 21.9. The second-order valence-electron chi connectivity index (χ2n) is 8.81. The first-order valence-corrected chi connectivity index (χ1v) is 12.7. The van der Waals surface area contributed by atoms with Crippen LogP contribution in [0.25, 0.3) is 0 Å². The number of benzene rings is 3. The Morgan fingerprint density at radius 1 is 0.919 bits per heavy atom. The van der Waals surface area contributed by atoms with E-state index >= 15 is 0 Å². The van der Waals surface area contributed by atoms with E-state index in [0.717, 1.165) is 29.0 Å². The molecule has 1 aliphatic heterocycles. The third kappa shape index (κ3) is 6.65. The van der Waals surface area contributed by atoms with Crippen LogP contribution in [-0.2, 0) is 22.7 Å². The highest BCUT2D eigenvalue weighted by Gasteiger charge is 2.43. The van der Waals surface area contributed by atoms with Gasteiger partial charge in [-0.15, -0.1) is 0 Å². The third-order valence-corrected chi connectivity index (χ3v) is 6.54. The third-order valence-electron chi connectivity index (χ3n) is 6.09. The maximum Gasteiger partial charge on any atom is 0.252 e. The Bertz CT molecular complexity index is 1220. The van der Waals surface area contributed by atoms with Gasteiger partial charge in [-0.3, -0.25) is 14.5 Å². The summed E-state index contributed by atoms with van der Waals surface area (Å²) in [6.07, 6.45) is 0.901. The van der Waals surface area contributed by atoms with E-state index in [0.29, 0.717) is 30.5 Å². The van der Waals surface area contributed by atoms with Gasteiger partial charge in [-0.25, -0.2) is 0 Å². The first-order chi connectivity index (χ1) is 18.0. The molecule has 37 heavy (non-hydrogen) atoms. The molecule has 0 aliphatic carbocycles. The van der Waals surface area contributed by atoms with Gasteiger partial charge in [0.05, 0.1) is 26.7 Å². The van der Waals surface area contributed by atoms with Crippen molar-refractivity contribution in [2.75, 3.05) is 19.0 Å². The van der Waals surface area contributed by atoms with Gasteiger partial charge in [-0.2, -0.15) is 0 Å². The van der Waals surface area contributed by atoms with Crippen molar-refractivity contribution >= 4 is 34.8 Å². The van der Waals surface area contributed by atoms with E-state index in [9.17, 15) is 9.59 Å². The van der Waals surface area contributed by atoms with Crippen molar-refractivity contribution < 1.29 is 19.1 Å². The molecule has 192 valence electrons. The van der Waals surface area contributed by atoms with Crippen molar-refractivity contribution in [3.63, 3.8) is 0 Å². The number of methoxy groups -OCH3 is 1. The highest BCUT2D eigenvalue weighted by Crippen LogP contribution is 2.26. The zero-order valence-electron chi connectivity index (χ0n) is 21.1. The maximum atomic E-state index is 13.5. The minimum Gasteiger partial charge on any atom is -0.497 e. The zero-order chi connectivity index (χ0) is 26.2. The number of ether oxygens (including phenoxy) is 2. The summed E-state index contributed by atoms with van der Waals surface area (Å²) in [4.78, 5) is 30.0. The first kappa shape index (κ1) is 26.2. The second-order valence-corrected chi connectivity index (χ2v) is 9.17. The summed E-state index contributed by atoms with van der Waals surface area (Å²) in [6.45, 7) is 3.44. The molecule has 3 aromatic rings. The van der Waals surface area contributed by atoms with Crippen molar-refractivity contribution in [2.24, 2.45) is 0 Å². The van der Waals surface area contributed by atoms with Crippen LogP contribution in [0.4, 0.5) is 5.69 Å². The quantitative estimate of drug-likeness (QED) is 0.361. The molecule has 0 spiro atoms. The van der Waals surface area contributed by atoms with Gasteiger partial charge < -0.3 is 19.7 Å². The number of anilines is 1. The maximum absolute atomic E-state index is 13.5. The number of hydrogen-bond donors (Lipinski definition) is 1. The first-order valence-electron chi connectivity index (χ1n) is 12.3. The van der Waals surface area contributed by atoms with E-state index in [1.165, 1.54) is 0 Å². The number of thiocarbonyl (C=S) groups is 1. The van der Waals surface area contributed by atoms with E-state index < -0.39 is 6.04 Å². The molecule has 0 saturated carbocycles. The van der Waals surface area contributed by atoms with E-state index in [4.69, 9.17) is 21.7 Å². The topological polar surface area (TPSA) is 71.1 Å². The molecule has 8 heteroatoms. The van der Waals surface area contributed by atoms with Crippen LogP contribution in [0.3, 0.4) is 0 Å². The van der Waals surface area contributed by atoms with E-state index in [1.807, 2.05) is 78.6 Å². The molecule has 1 aliphatic rings. The Morgan fingerprint density at radius 3 is 2.22 bits per heavy atom. The van der Waals surface area contributed by atoms with E-state index in [2.05, 4.69) is 5.32 Å². The molecular formula is C29H31N3O4S. The highest BCUT2D eigenvalue weighted by molar-refractivity contribution is 7.80. The van der Waals surface area contributed by atoms with Gasteiger partial charge in [0.15, 0.2) is 5.11 Å². The fourth-order valence-electron chi connectivity index (χ4n) is 4.15. The monoisotopic (exact) mass is 517 g/mol. The molecule has 0 aromatic heterocycles. The van der Waals surface area contributed by atoms with Gasteiger partial charge >= 0.3 is 0 Å². The Balaban J connectivity index is 1.50. The number of nitrogens with zero attached hydrogens (tertiary/aromatic N) is 2. The number of carbonyl (C=O) groups excluding carboxylic acids is 2. The normalized spacial score (nSPS) is 15.1. The molecule has 0 radical (unpaired) electrons. The molecule has 4 rings (SSSR count). The lowest BCUT2D eigenvalue weighted by Gasteiger charge is -2.24. The van der Waals surface area contributed by atoms with Gasteiger partial charge in [0.2, 0.25) is 5.91 Å². The molecule has 1 saturated heterocycles. The van der Waals surface area contributed by atoms with Crippen LogP contribution in [0.15, 0.2) is 78.9 Å². The average Bonchev–Trinajstić information content (AvgIpc) is 3.13. The van der Waals surface area contributed by atoms with Crippen LogP contribution in [-0.4, -0.2) is 46.5 Å². The summed E-state index contributed by atoms with van der Waals surface area (Å²) in [7, 11) is 1.62. The van der Waals surface area contributed by atoms with E-state index in [-0.39, 0.29) is 18.2 Å².